The molecule has 274 valence electrons. The largest absolute Gasteiger partial charge is 0.508 e. The molecule has 1 fully saturated rings. The summed E-state index contributed by atoms with van der Waals surface area (Å²) < 4.78 is 11.9. The number of nitrogens with two attached hydrogens (primary N) is 1. The first-order valence-electron chi connectivity index (χ1n) is 15.8. The fraction of sp³-hybridized carbons (Fsp3) is 0.353. The molecular weight excluding hydrogens is 708 g/mol. The number of amides is 1. The van der Waals surface area contributed by atoms with Crippen LogP contribution in [-0.4, -0.2) is 101 Å². The van der Waals surface area contributed by atoms with Gasteiger partial charge in [0.2, 0.25) is 23.7 Å². The second kappa shape index (κ2) is 12.3. The third-order valence-corrected chi connectivity index (χ3v) is 10.3. The molecule has 1 aliphatic heterocycles. The molecule has 1 amide bonds. The highest BCUT2D eigenvalue weighted by Crippen LogP contribution is 2.58. The van der Waals surface area contributed by atoms with Gasteiger partial charge >= 0.3 is 5.97 Å². The maximum absolute atomic E-state index is 13.7. The zero-order valence-corrected chi connectivity index (χ0v) is 28.8. The van der Waals surface area contributed by atoms with Crippen molar-refractivity contribution >= 4 is 51.7 Å². The number of carboxylic acid groups (broad SMARTS) is 1. The Kier molecular flexibility index (Phi) is 8.61. The summed E-state index contributed by atoms with van der Waals surface area (Å²) in [6, 6.07) is 4.38. The SMILES string of the molecule is CCn1nc(C(=O)O)c(=O)c2cc3c(cc21)OCO3.CN(C)[C@@H]1C(=O)C(C(N)=O)=C(O)[C@@]2(O)C(=O)C3=C(O)c4c(O)ccc(Cl)c4[C@@](C)(O)[C@H]3C[C@@H]12. The van der Waals surface area contributed by atoms with E-state index < -0.39 is 92.1 Å². The number of ether oxygens (including phenoxy) is 2. The van der Waals surface area contributed by atoms with Gasteiger partial charge in [-0.3, -0.25) is 28.8 Å². The van der Waals surface area contributed by atoms with Gasteiger partial charge in [-0.1, -0.05) is 11.6 Å². The lowest BCUT2D eigenvalue weighted by molar-refractivity contribution is -0.159. The Hall–Kier alpha value is -5.49. The fourth-order valence-electron chi connectivity index (χ4n) is 7.63. The first-order chi connectivity index (χ1) is 24.3. The smallest absolute Gasteiger partial charge is 0.360 e. The van der Waals surface area contributed by atoms with Gasteiger partial charge in [0.15, 0.2) is 22.9 Å². The molecule has 0 unspecified atom stereocenters. The molecule has 2 heterocycles. The van der Waals surface area contributed by atoms with Crippen molar-refractivity contribution in [2.45, 2.75) is 44.1 Å². The Balaban J connectivity index is 0.000000206. The van der Waals surface area contributed by atoms with Crippen molar-refractivity contribution in [3.8, 4) is 17.2 Å². The molecule has 8 N–H and O–H groups in total. The lowest BCUT2D eigenvalue weighted by Crippen LogP contribution is -2.67. The van der Waals surface area contributed by atoms with Gasteiger partial charge in [0.25, 0.3) is 5.91 Å². The molecule has 5 atom stereocenters. The summed E-state index contributed by atoms with van der Waals surface area (Å²) in [5.41, 5.74) is -1.69. The van der Waals surface area contributed by atoms with E-state index in [0.29, 0.717) is 23.6 Å². The number of carbonyl (C=O) groups excluding carboxylic acids is 3. The monoisotopic (exact) mass is 740 g/mol. The minimum Gasteiger partial charge on any atom is -0.508 e. The maximum Gasteiger partial charge on any atom is 0.360 e. The highest BCUT2D eigenvalue weighted by atomic mass is 35.5. The molecule has 3 aliphatic carbocycles. The molecule has 4 aliphatic rings. The van der Waals surface area contributed by atoms with E-state index in [2.05, 4.69) is 5.10 Å². The van der Waals surface area contributed by atoms with Crippen LogP contribution >= 0.6 is 11.6 Å². The van der Waals surface area contributed by atoms with Gasteiger partial charge in [0.1, 0.15) is 22.8 Å². The molecule has 0 saturated heterocycles. The highest BCUT2D eigenvalue weighted by Gasteiger charge is 2.66. The van der Waals surface area contributed by atoms with Crippen molar-refractivity contribution in [3.63, 3.8) is 0 Å². The first-order valence-corrected chi connectivity index (χ1v) is 16.1. The molecule has 17 nitrogen and oxygen atoms in total. The second-order valence-electron chi connectivity index (χ2n) is 13.1. The number of aryl methyl sites for hydroxylation is 1. The van der Waals surface area contributed by atoms with Crippen LogP contribution in [0, 0.1) is 11.8 Å². The van der Waals surface area contributed by atoms with Crippen LogP contribution in [0.4, 0.5) is 0 Å². The molecule has 0 radical (unpaired) electrons. The fourth-order valence-corrected chi connectivity index (χ4v) is 7.98. The number of carbonyl (C=O) groups is 4. The number of Topliss-reactive ketones (excluding diaryl/α,β-unsaturated/α-hetero) is 2. The Morgan fingerprint density at radius 1 is 1.10 bits per heavy atom. The van der Waals surface area contributed by atoms with Crippen LogP contribution in [0.5, 0.6) is 17.2 Å². The number of likely N-dealkylation sites (N-methyl/N-ethyl adjacent to an activating group) is 1. The molecular formula is C34H33ClN4O13. The number of hydrogen-bond donors (Lipinski definition) is 7. The number of fused-ring (bicyclic) bond motifs is 5. The molecule has 7 rings (SSSR count). The van der Waals surface area contributed by atoms with Gasteiger partial charge in [0.05, 0.1) is 28.1 Å². The third kappa shape index (κ3) is 5.02. The van der Waals surface area contributed by atoms with Crippen molar-refractivity contribution in [1.29, 1.82) is 0 Å². The minimum atomic E-state index is -2.78. The topological polar surface area (TPSA) is 272 Å². The van der Waals surface area contributed by atoms with Crippen LogP contribution in [0.1, 0.15) is 41.9 Å². The average Bonchev–Trinajstić information content (AvgIpc) is 3.53. The number of primary amides is 1. The van der Waals surface area contributed by atoms with Crippen molar-refractivity contribution < 1.29 is 59.3 Å². The van der Waals surface area contributed by atoms with Crippen molar-refractivity contribution in [2.24, 2.45) is 17.6 Å². The molecule has 2 aromatic carbocycles. The maximum atomic E-state index is 13.7. The molecule has 3 aromatic rings. The average molecular weight is 741 g/mol. The van der Waals surface area contributed by atoms with Gasteiger partial charge in [-0.05, 0) is 52.6 Å². The summed E-state index contributed by atoms with van der Waals surface area (Å²) in [5.74, 6) is -8.67. The summed E-state index contributed by atoms with van der Waals surface area (Å²) in [6.45, 7) is 3.68. The minimum absolute atomic E-state index is 0.0187. The predicted molar refractivity (Wildman–Crippen MR) is 180 cm³/mol. The standard InChI is InChI=1S/C22H23ClN2O8.C12H10N2O5/c1-21(32)7-6-8-15(25(2)3)17(28)13(20(24)31)19(30)22(8,33)18(29)11(7)16(27)12-10(26)5-4-9(23)14(12)21;1-2-14-7-4-9-8(18-5-19-9)3-6(7)11(15)10(13-14)12(16)17/h4-5,7-8,15,26-27,30,32-33H,6H2,1-3H3,(H2,24,31);3-4H,2,5H2,1H3,(H,16,17)/t7-,8-,15-,21-,22-;/m0./s1. The van der Waals surface area contributed by atoms with E-state index in [1.807, 2.05) is 6.92 Å². The number of halogens is 1. The number of phenolic OH excluding ortho intramolecular Hbond substituents is 1. The lowest BCUT2D eigenvalue weighted by Gasteiger charge is -2.53. The van der Waals surface area contributed by atoms with Crippen LogP contribution in [0.25, 0.3) is 16.7 Å². The zero-order valence-electron chi connectivity index (χ0n) is 28.0. The number of carboxylic acids is 1. The number of phenols is 1. The van der Waals surface area contributed by atoms with E-state index in [1.165, 1.54) is 48.8 Å². The van der Waals surface area contributed by atoms with E-state index in [9.17, 15) is 49.5 Å². The Labute approximate surface area is 298 Å². The van der Waals surface area contributed by atoms with E-state index >= 15 is 0 Å². The van der Waals surface area contributed by atoms with Gasteiger partial charge in [-0.25, -0.2) is 4.79 Å². The number of aromatic hydroxyl groups is 1. The first kappa shape index (κ1) is 36.3. The molecule has 52 heavy (non-hydrogen) atoms. The van der Waals surface area contributed by atoms with Crippen molar-refractivity contribution in [1.82, 2.24) is 14.7 Å². The molecule has 1 aromatic heterocycles. The third-order valence-electron chi connectivity index (χ3n) is 10.0. The Morgan fingerprint density at radius 3 is 2.31 bits per heavy atom. The highest BCUT2D eigenvalue weighted by molar-refractivity contribution is 6.32. The Bertz CT molecular complexity index is 2260. The molecule has 18 heteroatoms. The second-order valence-corrected chi connectivity index (χ2v) is 13.5. The summed E-state index contributed by atoms with van der Waals surface area (Å²) in [6.07, 6.45) is -0.259. The number of aliphatic hydroxyl groups is 4. The van der Waals surface area contributed by atoms with E-state index in [0.717, 1.165) is 0 Å². The molecule has 1 saturated carbocycles. The number of nitrogens with zero attached hydrogens (tertiary/aromatic N) is 3. The molecule has 0 bridgehead atoms. The van der Waals surface area contributed by atoms with Crippen LogP contribution in [0.15, 0.2) is 46.0 Å². The summed E-state index contributed by atoms with van der Waals surface area (Å²) >= 11 is 6.28. The summed E-state index contributed by atoms with van der Waals surface area (Å²) in [7, 11) is 2.97. The number of ketones is 2. The van der Waals surface area contributed by atoms with Crippen molar-refractivity contribution in [3.05, 3.63) is 73.2 Å². The quantitative estimate of drug-likeness (QED) is 0.185. The van der Waals surface area contributed by atoms with E-state index in [1.54, 1.807) is 6.07 Å². The van der Waals surface area contributed by atoms with Gasteiger partial charge in [0, 0.05) is 40.6 Å². The van der Waals surface area contributed by atoms with Crippen LogP contribution in [-0.2, 0) is 26.5 Å². The van der Waals surface area contributed by atoms with Crippen LogP contribution in [0.2, 0.25) is 5.02 Å². The van der Waals surface area contributed by atoms with E-state index in [-0.39, 0.29) is 34.7 Å². The normalized spacial score (nSPS) is 26.1. The number of aliphatic hydroxyl groups excluding tert-OH is 2. The lowest BCUT2D eigenvalue weighted by atomic mass is 9.54. The Morgan fingerprint density at radius 2 is 1.73 bits per heavy atom. The number of hydrogen-bond acceptors (Lipinski definition) is 14. The van der Waals surface area contributed by atoms with Gasteiger partial charge in [-0.2, -0.15) is 5.10 Å². The zero-order chi connectivity index (χ0) is 38.4. The number of benzene rings is 2. The molecule has 0 spiro atoms. The number of aromatic nitrogens is 2. The number of aromatic carboxylic acids is 1. The summed E-state index contributed by atoms with van der Waals surface area (Å²) in [4.78, 5) is 63.2. The van der Waals surface area contributed by atoms with Crippen LogP contribution in [0.3, 0.4) is 0 Å². The summed E-state index contributed by atoms with van der Waals surface area (Å²) in [5, 5.41) is 68.3. The number of rotatable bonds is 4. The van der Waals surface area contributed by atoms with Crippen molar-refractivity contribution in [2.75, 3.05) is 20.9 Å². The van der Waals surface area contributed by atoms with Gasteiger partial charge < -0.3 is 45.8 Å². The predicted octanol–water partition coefficient (Wildman–Crippen LogP) is 1.13. The van der Waals surface area contributed by atoms with Gasteiger partial charge in [-0.15, -0.1) is 0 Å². The van der Waals surface area contributed by atoms with E-state index in [4.69, 9.17) is 31.9 Å². The van der Waals surface area contributed by atoms with Crippen LogP contribution < -0.4 is 20.6 Å².